The number of aromatic nitrogens is 5. The van der Waals surface area contributed by atoms with E-state index in [9.17, 15) is 44.1 Å². The highest BCUT2D eigenvalue weighted by molar-refractivity contribution is 5.97. The fourth-order valence-electron chi connectivity index (χ4n) is 7.50. The monoisotopic (exact) mass is 917 g/mol. The molecule has 13 N–H and O–H groups in total. The average Bonchev–Trinajstić information content (AvgIpc) is 4.10. The van der Waals surface area contributed by atoms with Gasteiger partial charge in [0.1, 0.15) is 41.7 Å². The van der Waals surface area contributed by atoms with Crippen LogP contribution in [0.5, 0.6) is 11.5 Å². The Morgan fingerprint density at radius 3 is 1.57 bits per heavy atom. The normalized spacial score (nSPS) is 14.0. The molecule has 3 aromatic heterocycles. The number of imidazole rings is 2. The van der Waals surface area contributed by atoms with Crippen molar-refractivity contribution in [3.63, 3.8) is 0 Å². The fourth-order valence-corrected chi connectivity index (χ4v) is 7.50. The van der Waals surface area contributed by atoms with Crippen LogP contribution in [0.15, 0.2) is 104 Å². The molecule has 0 aliphatic rings. The van der Waals surface area contributed by atoms with Crippen LogP contribution in [0, 0.1) is 5.92 Å². The summed E-state index contributed by atoms with van der Waals surface area (Å²) in [5.41, 5.74) is 9.77. The van der Waals surface area contributed by atoms with Crippen LogP contribution in [0.25, 0.3) is 10.9 Å². The molecule has 6 atom stereocenters. The molecule has 352 valence electrons. The highest BCUT2D eigenvalue weighted by Gasteiger charge is 2.34. The van der Waals surface area contributed by atoms with Crippen molar-refractivity contribution in [2.24, 2.45) is 11.7 Å². The number of amides is 5. The summed E-state index contributed by atoms with van der Waals surface area (Å²) < 4.78 is 0. The summed E-state index contributed by atoms with van der Waals surface area (Å²) in [4.78, 5) is 100. The van der Waals surface area contributed by atoms with Crippen molar-refractivity contribution >= 4 is 46.4 Å². The molecule has 0 saturated carbocycles. The van der Waals surface area contributed by atoms with E-state index in [2.05, 4.69) is 51.5 Å². The highest BCUT2D eigenvalue weighted by Crippen LogP contribution is 2.20. The second kappa shape index (κ2) is 22.8. The Labute approximate surface area is 385 Å². The SMILES string of the molecule is CC(C)C[C@H](NC(=O)[C@H](Cc1cnc[nH]1)NC(=O)[C@@H](N)Cc1cnc[nH]1)C(=O)N[C@@H](Cc1c[nH]c2ccccc12)C(=O)N[C@@H](Cc1ccc(O)cc1)C(=O)N[C@@H](Cc1ccc(O)cc1)C(=O)O. The lowest BCUT2D eigenvalue weighted by atomic mass is 9.99. The Kier molecular flexibility index (Phi) is 16.5. The number of carboxylic acid groups (broad SMARTS) is 1. The van der Waals surface area contributed by atoms with Gasteiger partial charge in [-0.05, 0) is 59.4 Å². The Hall–Kier alpha value is -8.00. The second-order valence-corrected chi connectivity index (χ2v) is 16.7. The van der Waals surface area contributed by atoms with Gasteiger partial charge in [-0.15, -0.1) is 0 Å². The van der Waals surface area contributed by atoms with Gasteiger partial charge in [-0.1, -0.05) is 56.3 Å². The summed E-state index contributed by atoms with van der Waals surface area (Å²) in [5.74, 6) is -5.27. The van der Waals surface area contributed by atoms with Gasteiger partial charge in [0, 0.05) is 73.0 Å². The third kappa shape index (κ3) is 14.0. The van der Waals surface area contributed by atoms with E-state index in [1.165, 1.54) is 61.4 Å². The second-order valence-electron chi connectivity index (χ2n) is 16.7. The number of phenols is 2. The first-order chi connectivity index (χ1) is 32.1. The standard InChI is InChI=1S/C47H55N11O9/c1-26(2)15-37(55-46(65)40(20-31-23-50-25-53-31)54-42(61)35(48)19-30-22-49-24-52-30)43(62)57-39(18-29-21-51-36-6-4-3-5-34(29)36)45(64)56-38(16-27-7-11-32(59)12-8-27)44(63)58-41(47(66)67)17-28-9-13-33(60)14-10-28/h3-14,21-26,35,37-41,51,59-60H,15-20,48H2,1-2H3,(H,49,52)(H,50,53)(H,54,61)(H,55,65)(H,56,64)(H,57,62)(H,58,63)(H,66,67)/t35-,37-,38-,39-,40-,41-/m0/s1. The lowest BCUT2D eigenvalue weighted by Gasteiger charge is -2.28. The zero-order valence-electron chi connectivity index (χ0n) is 36.9. The summed E-state index contributed by atoms with van der Waals surface area (Å²) in [6.07, 6.45) is 7.44. The van der Waals surface area contributed by atoms with Gasteiger partial charge in [0.25, 0.3) is 0 Å². The lowest BCUT2D eigenvalue weighted by Crippen LogP contribution is -2.60. The number of nitrogens with two attached hydrogens (primary N) is 1. The third-order valence-electron chi connectivity index (χ3n) is 11.0. The van der Waals surface area contributed by atoms with Crippen LogP contribution >= 0.6 is 0 Å². The topological polar surface area (TPSA) is 322 Å². The summed E-state index contributed by atoms with van der Waals surface area (Å²) in [6.45, 7) is 3.69. The van der Waals surface area contributed by atoms with Crippen LogP contribution in [-0.4, -0.2) is 112 Å². The van der Waals surface area contributed by atoms with E-state index in [1.807, 2.05) is 38.1 Å². The van der Waals surface area contributed by atoms with E-state index in [0.717, 1.165) is 10.9 Å². The first kappa shape index (κ1) is 48.5. The number of para-hydroxylation sites is 1. The van der Waals surface area contributed by atoms with Crippen molar-refractivity contribution in [2.75, 3.05) is 0 Å². The molecule has 67 heavy (non-hydrogen) atoms. The number of nitrogens with zero attached hydrogens (tertiary/aromatic N) is 2. The molecule has 20 nitrogen and oxygen atoms in total. The number of aromatic amines is 3. The lowest BCUT2D eigenvalue weighted by molar-refractivity contribution is -0.142. The van der Waals surface area contributed by atoms with E-state index >= 15 is 0 Å². The Bertz CT molecular complexity index is 2600. The number of rotatable bonds is 23. The van der Waals surface area contributed by atoms with E-state index in [0.29, 0.717) is 28.1 Å². The van der Waals surface area contributed by atoms with E-state index in [4.69, 9.17) is 5.73 Å². The number of benzene rings is 3. The molecule has 6 aromatic rings. The van der Waals surface area contributed by atoms with Gasteiger partial charge in [0.15, 0.2) is 0 Å². The summed E-state index contributed by atoms with van der Waals surface area (Å²) in [5, 5.41) is 44.2. The summed E-state index contributed by atoms with van der Waals surface area (Å²) >= 11 is 0. The van der Waals surface area contributed by atoms with E-state index < -0.39 is 71.8 Å². The van der Waals surface area contributed by atoms with Crippen LogP contribution in [0.4, 0.5) is 0 Å². The molecule has 3 heterocycles. The molecule has 0 fully saturated rings. The minimum atomic E-state index is -1.44. The molecule has 3 aromatic carbocycles. The first-order valence-electron chi connectivity index (χ1n) is 21.7. The Morgan fingerprint density at radius 2 is 1.03 bits per heavy atom. The number of aromatic hydroxyl groups is 2. The number of H-pyrrole nitrogens is 3. The van der Waals surface area contributed by atoms with Crippen molar-refractivity contribution in [3.8, 4) is 11.5 Å². The molecule has 0 bridgehead atoms. The zero-order chi connectivity index (χ0) is 48.0. The maximum Gasteiger partial charge on any atom is 0.326 e. The van der Waals surface area contributed by atoms with Gasteiger partial charge in [-0.3, -0.25) is 24.0 Å². The minimum absolute atomic E-state index is 0.0234. The van der Waals surface area contributed by atoms with Crippen molar-refractivity contribution in [2.45, 2.75) is 88.6 Å². The van der Waals surface area contributed by atoms with Crippen LogP contribution in [-0.2, 0) is 60.9 Å². The minimum Gasteiger partial charge on any atom is -0.508 e. The number of phenolic OH excluding ortho intramolecular Hbond substituents is 2. The zero-order valence-corrected chi connectivity index (χ0v) is 36.9. The number of hydrogen-bond acceptors (Lipinski definition) is 11. The summed E-state index contributed by atoms with van der Waals surface area (Å²) in [7, 11) is 0. The molecule has 6 rings (SSSR count). The van der Waals surface area contributed by atoms with Crippen molar-refractivity contribution in [1.82, 2.24) is 51.5 Å². The number of carbonyl (C=O) groups excluding carboxylic acids is 5. The molecule has 0 aliphatic carbocycles. The number of carboxylic acids is 1. The molecule has 0 saturated heterocycles. The van der Waals surface area contributed by atoms with Crippen LogP contribution in [0.1, 0.15) is 48.3 Å². The average molecular weight is 918 g/mol. The number of aliphatic carboxylic acids is 1. The van der Waals surface area contributed by atoms with E-state index in [-0.39, 0.29) is 55.9 Å². The summed E-state index contributed by atoms with van der Waals surface area (Å²) in [6, 6.07) is 11.4. The maximum atomic E-state index is 14.6. The largest absolute Gasteiger partial charge is 0.508 e. The van der Waals surface area contributed by atoms with Crippen LogP contribution in [0.2, 0.25) is 0 Å². The molecular formula is C47H55N11O9. The Morgan fingerprint density at radius 1 is 0.567 bits per heavy atom. The molecular weight excluding hydrogens is 863 g/mol. The van der Waals surface area contributed by atoms with Gasteiger partial charge in [-0.25, -0.2) is 14.8 Å². The van der Waals surface area contributed by atoms with Crippen LogP contribution < -0.4 is 32.3 Å². The predicted octanol–water partition coefficient (Wildman–Crippen LogP) is 1.42. The van der Waals surface area contributed by atoms with Gasteiger partial charge < -0.3 is 62.6 Å². The van der Waals surface area contributed by atoms with Gasteiger partial charge in [0.05, 0.1) is 18.7 Å². The number of carbonyl (C=O) groups is 6. The number of fused-ring (bicyclic) bond motifs is 1. The first-order valence-corrected chi connectivity index (χ1v) is 21.7. The van der Waals surface area contributed by atoms with Gasteiger partial charge in [0.2, 0.25) is 29.5 Å². The maximum absolute atomic E-state index is 14.6. The van der Waals surface area contributed by atoms with Crippen molar-refractivity contribution in [3.05, 3.63) is 132 Å². The van der Waals surface area contributed by atoms with Gasteiger partial charge >= 0.3 is 5.97 Å². The molecule has 5 amide bonds. The van der Waals surface area contributed by atoms with E-state index in [1.54, 1.807) is 18.3 Å². The van der Waals surface area contributed by atoms with Gasteiger partial charge in [-0.2, -0.15) is 0 Å². The fraction of sp³-hybridized carbons (Fsp3) is 0.319. The molecule has 0 unspecified atom stereocenters. The number of hydrogen-bond donors (Lipinski definition) is 12. The van der Waals surface area contributed by atoms with Crippen molar-refractivity contribution < 1.29 is 44.1 Å². The highest BCUT2D eigenvalue weighted by atomic mass is 16.4. The smallest absolute Gasteiger partial charge is 0.326 e. The predicted molar refractivity (Wildman–Crippen MR) is 245 cm³/mol. The van der Waals surface area contributed by atoms with Crippen molar-refractivity contribution in [1.29, 1.82) is 0 Å². The molecule has 20 heteroatoms. The molecule has 0 spiro atoms. The molecule has 0 aliphatic heterocycles. The third-order valence-corrected chi connectivity index (χ3v) is 11.0. The number of nitrogens with one attached hydrogen (secondary N) is 8. The molecule has 0 radical (unpaired) electrons. The van der Waals surface area contributed by atoms with Crippen LogP contribution in [0.3, 0.4) is 0 Å². The quantitative estimate of drug-likeness (QED) is 0.0435. The Balaban J connectivity index is 1.26.